The highest BCUT2D eigenvalue weighted by molar-refractivity contribution is 7.89. The van der Waals surface area contributed by atoms with Crippen LogP contribution in [0.2, 0.25) is 0 Å². The summed E-state index contributed by atoms with van der Waals surface area (Å²) in [4.78, 5) is 3.43. The molecule has 0 fully saturated rings. The first-order chi connectivity index (χ1) is 11.4. The first-order valence-electron chi connectivity index (χ1n) is 7.63. The van der Waals surface area contributed by atoms with Gasteiger partial charge in [0.1, 0.15) is 10.6 Å². The van der Waals surface area contributed by atoms with Gasteiger partial charge in [0, 0.05) is 23.1 Å². The van der Waals surface area contributed by atoms with Crippen molar-refractivity contribution in [3.8, 4) is 5.75 Å². The normalized spacial score (nSPS) is 11.8. The Balaban J connectivity index is 1.93. The maximum absolute atomic E-state index is 12.7. The highest BCUT2D eigenvalue weighted by Crippen LogP contribution is 2.26. The van der Waals surface area contributed by atoms with Crippen molar-refractivity contribution in [3.63, 3.8) is 0 Å². The zero-order valence-electron chi connectivity index (χ0n) is 13.9. The molecule has 1 aromatic heterocycles. The number of aromatic nitrogens is 1. The molecule has 0 saturated carbocycles. The van der Waals surface area contributed by atoms with Gasteiger partial charge in [0.25, 0.3) is 0 Å². The number of benzene rings is 2. The Bertz CT molecular complexity index is 991. The number of ether oxygens (including phenoxy) is 1. The minimum absolute atomic E-state index is 0.155. The van der Waals surface area contributed by atoms with Crippen LogP contribution in [0.3, 0.4) is 0 Å². The van der Waals surface area contributed by atoms with E-state index in [0.717, 1.165) is 27.7 Å². The number of rotatable bonds is 5. The van der Waals surface area contributed by atoms with Crippen LogP contribution in [0.1, 0.15) is 16.8 Å². The number of H-pyrrole nitrogens is 1. The Morgan fingerprint density at radius 3 is 2.62 bits per heavy atom. The molecule has 0 spiro atoms. The number of methoxy groups -OCH3 is 1. The van der Waals surface area contributed by atoms with Gasteiger partial charge < -0.3 is 9.72 Å². The Labute approximate surface area is 141 Å². The molecule has 0 atom stereocenters. The molecule has 6 heteroatoms. The number of hydrogen-bond acceptors (Lipinski definition) is 3. The lowest BCUT2D eigenvalue weighted by molar-refractivity contribution is 0.402. The Morgan fingerprint density at radius 2 is 1.88 bits per heavy atom. The number of sulfonamides is 1. The number of aromatic amines is 1. The molecule has 24 heavy (non-hydrogen) atoms. The van der Waals surface area contributed by atoms with Gasteiger partial charge in [0.2, 0.25) is 10.0 Å². The average molecular weight is 344 g/mol. The first-order valence-corrected chi connectivity index (χ1v) is 9.11. The van der Waals surface area contributed by atoms with E-state index in [4.69, 9.17) is 4.74 Å². The summed E-state index contributed by atoms with van der Waals surface area (Å²) >= 11 is 0. The predicted molar refractivity (Wildman–Crippen MR) is 94.8 cm³/mol. The molecule has 0 aliphatic carbocycles. The zero-order chi connectivity index (χ0) is 17.3. The molecule has 0 bridgehead atoms. The maximum Gasteiger partial charge on any atom is 0.244 e. The summed E-state index contributed by atoms with van der Waals surface area (Å²) in [6, 6.07) is 13.0. The van der Waals surface area contributed by atoms with Crippen molar-refractivity contribution in [2.24, 2.45) is 0 Å². The van der Waals surface area contributed by atoms with Gasteiger partial charge in [-0.15, -0.1) is 0 Å². The van der Waals surface area contributed by atoms with Gasteiger partial charge in [-0.3, -0.25) is 0 Å². The van der Waals surface area contributed by atoms with Crippen molar-refractivity contribution < 1.29 is 13.2 Å². The summed E-state index contributed by atoms with van der Waals surface area (Å²) < 4.78 is 33.3. The van der Waals surface area contributed by atoms with E-state index >= 15 is 0 Å². The van der Waals surface area contributed by atoms with Crippen LogP contribution in [0.25, 0.3) is 10.9 Å². The molecule has 0 aliphatic rings. The molecular formula is C18H20N2O3S. The van der Waals surface area contributed by atoms with Gasteiger partial charge >= 0.3 is 0 Å². The van der Waals surface area contributed by atoms with Crippen LogP contribution >= 0.6 is 0 Å². The van der Waals surface area contributed by atoms with Crippen LogP contribution in [0.4, 0.5) is 0 Å². The van der Waals surface area contributed by atoms with E-state index < -0.39 is 10.0 Å². The number of nitrogens with one attached hydrogen (secondary N) is 2. The highest BCUT2D eigenvalue weighted by atomic mass is 32.2. The van der Waals surface area contributed by atoms with Crippen LogP contribution in [-0.4, -0.2) is 20.5 Å². The van der Waals surface area contributed by atoms with E-state index in [0.29, 0.717) is 5.75 Å². The molecule has 0 unspecified atom stereocenters. The van der Waals surface area contributed by atoms with Crippen molar-refractivity contribution in [1.82, 2.24) is 9.71 Å². The van der Waals surface area contributed by atoms with E-state index in [1.54, 1.807) is 12.1 Å². The summed E-state index contributed by atoms with van der Waals surface area (Å²) in [7, 11) is -2.21. The fraction of sp³-hybridized carbons (Fsp3) is 0.222. The first kappa shape index (κ1) is 16.5. The molecule has 0 saturated heterocycles. The van der Waals surface area contributed by atoms with Gasteiger partial charge in [0.15, 0.2) is 0 Å². The van der Waals surface area contributed by atoms with E-state index in [1.807, 2.05) is 44.2 Å². The van der Waals surface area contributed by atoms with Crippen molar-refractivity contribution in [2.75, 3.05) is 7.11 Å². The molecule has 3 rings (SSSR count). The summed E-state index contributed by atoms with van der Waals surface area (Å²) in [5.74, 6) is 0.337. The van der Waals surface area contributed by atoms with Gasteiger partial charge in [-0.2, -0.15) is 0 Å². The summed E-state index contributed by atoms with van der Waals surface area (Å²) in [5.41, 5.74) is 3.76. The third kappa shape index (κ3) is 3.02. The van der Waals surface area contributed by atoms with E-state index in [2.05, 4.69) is 9.71 Å². The molecular weight excluding hydrogens is 324 g/mol. The van der Waals surface area contributed by atoms with Crippen LogP contribution < -0.4 is 9.46 Å². The van der Waals surface area contributed by atoms with Crippen LogP contribution in [0.5, 0.6) is 5.75 Å². The third-order valence-electron chi connectivity index (χ3n) is 4.07. The minimum atomic E-state index is -3.68. The fourth-order valence-electron chi connectivity index (χ4n) is 2.80. The van der Waals surface area contributed by atoms with Gasteiger partial charge in [-0.1, -0.05) is 24.3 Å². The molecule has 1 heterocycles. The van der Waals surface area contributed by atoms with E-state index in [1.165, 1.54) is 7.11 Å². The van der Waals surface area contributed by atoms with E-state index in [-0.39, 0.29) is 11.4 Å². The Hall–Kier alpha value is -2.31. The molecule has 3 aromatic rings. The molecule has 126 valence electrons. The summed E-state index contributed by atoms with van der Waals surface area (Å²) in [6.45, 7) is 4.01. The number of aryl methyl sites for hydroxylation is 2. The maximum atomic E-state index is 12.7. The molecule has 2 N–H and O–H groups in total. The molecule has 0 radical (unpaired) electrons. The smallest absolute Gasteiger partial charge is 0.244 e. The van der Waals surface area contributed by atoms with Crippen LogP contribution in [0.15, 0.2) is 47.4 Å². The van der Waals surface area contributed by atoms with Gasteiger partial charge in [0.05, 0.1) is 7.11 Å². The lowest BCUT2D eigenvalue weighted by Gasteiger charge is -2.11. The van der Waals surface area contributed by atoms with Crippen LogP contribution in [0, 0.1) is 13.8 Å². The minimum Gasteiger partial charge on any atom is -0.495 e. The second-order valence-corrected chi connectivity index (χ2v) is 7.49. The molecule has 0 aliphatic heterocycles. The molecule has 2 aromatic carbocycles. The summed E-state index contributed by atoms with van der Waals surface area (Å²) in [5, 5.41) is 1.02. The van der Waals surface area contributed by atoms with Crippen molar-refractivity contribution in [3.05, 3.63) is 59.3 Å². The summed E-state index contributed by atoms with van der Waals surface area (Å²) in [6.07, 6.45) is 0. The van der Waals surface area contributed by atoms with E-state index in [9.17, 15) is 8.42 Å². The van der Waals surface area contributed by atoms with Gasteiger partial charge in [-0.05, 0) is 43.2 Å². The van der Waals surface area contributed by atoms with Crippen molar-refractivity contribution in [1.29, 1.82) is 0 Å². The monoisotopic (exact) mass is 344 g/mol. The lowest BCUT2D eigenvalue weighted by Crippen LogP contribution is -2.24. The second-order valence-electron chi connectivity index (χ2n) is 5.75. The third-order valence-corrected chi connectivity index (χ3v) is 5.50. The SMILES string of the molecule is COc1ccc(C)cc1S(=O)(=O)NCc1c(C)[nH]c2ccccc12. The number of hydrogen-bond donors (Lipinski definition) is 2. The Morgan fingerprint density at radius 1 is 1.12 bits per heavy atom. The Kier molecular flexibility index (Phi) is 4.34. The lowest BCUT2D eigenvalue weighted by atomic mass is 10.1. The number of fused-ring (bicyclic) bond motifs is 1. The van der Waals surface area contributed by atoms with Gasteiger partial charge in [-0.25, -0.2) is 13.1 Å². The predicted octanol–water partition coefficient (Wildman–Crippen LogP) is 3.27. The molecule has 5 nitrogen and oxygen atoms in total. The fourth-order valence-corrected chi connectivity index (χ4v) is 4.05. The van der Waals surface area contributed by atoms with Crippen LogP contribution in [-0.2, 0) is 16.6 Å². The second kappa shape index (κ2) is 6.30. The quantitative estimate of drug-likeness (QED) is 0.746. The zero-order valence-corrected chi connectivity index (χ0v) is 14.7. The average Bonchev–Trinajstić information content (AvgIpc) is 2.88. The van der Waals surface area contributed by atoms with Crippen molar-refractivity contribution in [2.45, 2.75) is 25.3 Å². The topological polar surface area (TPSA) is 71.2 Å². The molecule has 0 amide bonds. The number of para-hydroxylation sites is 1. The highest BCUT2D eigenvalue weighted by Gasteiger charge is 2.20. The largest absolute Gasteiger partial charge is 0.495 e. The van der Waals surface area contributed by atoms with Crippen molar-refractivity contribution >= 4 is 20.9 Å². The standard InChI is InChI=1S/C18H20N2O3S/c1-12-8-9-17(23-3)18(10-12)24(21,22)19-11-15-13(2)20-16-7-5-4-6-14(15)16/h4-10,19-20H,11H2,1-3H3.